The number of methoxy groups -OCH3 is 4. The van der Waals surface area contributed by atoms with E-state index in [9.17, 15) is 0 Å². The van der Waals surface area contributed by atoms with Crippen molar-refractivity contribution in [1.82, 2.24) is 0 Å². The van der Waals surface area contributed by atoms with Crippen molar-refractivity contribution in [2.75, 3.05) is 54.7 Å². The molecule has 0 aromatic heterocycles. The van der Waals surface area contributed by atoms with E-state index in [0.29, 0.717) is 6.42 Å². The molecule has 11 nitrogen and oxygen atoms in total. The normalized spacial score (nSPS) is 16.8. The lowest BCUT2D eigenvalue weighted by molar-refractivity contribution is -0.258. The highest BCUT2D eigenvalue weighted by atomic mass is 16.7. The monoisotopic (exact) mass is 443 g/mol. The zero-order valence-corrected chi connectivity index (χ0v) is 18.8. The van der Waals surface area contributed by atoms with E-state index >= 15 is 0 Å². The molecule has 0 aliphatic rings. The van der Waals surface area contributed by atoms with Crippen molar-refractivity contribution in [3.8, 4) is 6.07 Å². The third-order valence-electron chi connectivity index (χ3n) is 4.08. The lowest BCUT2D eigenvalue weighted by Crippen LogP contribution is -2.45. The Labute approximate surface area is 184 Å². The number of nitrogens with zero attached hydrogens (tertiary/aromatic N) is 3. The van der Waals surface area contributed by atoms with Gasteiger partial charge in [-0.1, -0.05) is 6.92 Å². The summed E-state index contributed by atoms with van der Waals surface area (Å²) < 4.78 is 44.1. The number of ether oxygens (including phenoxy) is 8. The SMILES string of the molecule is [C-]#[N+]CC(OC)OCC(OC(C[N+]#[C-])OC)C(COC(CC)OC)OC(CC#N)OC. The summed E-state index contributed by atoms with van der Waals surface area (Å²) in [5.41, 5.74) is 0. The standard InChI is InChI=1S/C20H33N3O8/c1-8-17(24-4)28-13-15(30-18(25-5)9-10-21)16(31-20(27-7)12-23-3)14-29-19(26-6)11-22-2/h15-20H,8-9,11-14H2,1,4-7H3. The maximum absolute atomic E-state index is 9.02. The van der Waals surface area contributed by atoms with Gasteiger partial charge in [0.25, 0.3) is 13.1 Å². The molecule has 0 aromatic carbocycles. The molecular weight excluding hydrogens is 410 g/mol. The summed E-state index contributed by atoms with van der Waals surface area (Å²) in [5.74, 6) is 0. The second-order valence-corrected chi connectivity index (χ2v) is 6.13. The summed E-state index contributed by atoms with van der Waals surface area (Å²) >= 11 is 0. The number of rotatable bonds is 19. The Bertz CT molecular complexity index is 570. The second-order valence-electron chi connectivity index (χ2n) is 6.13. The van der Waals surface area contributed by atoms with Crippen LogP contribution in [0.2, 0.25) is 0 Å². The average molecular weight is 443 g/mol. The minimum Gasteiger partial charge on any atom is -0.356 e. The summed E-state index contributed by atoms with van der Waals surface area (Å²) in [7, 11) is 5.80. The predicted octanol–water partition coefficient (Wildman–Crippen LogP) is 1.84. The molecule has 0 aliphatic heterocycles. The molecule has 0 bridgehead atoms. The fourth-order valence-corrected chi connectivity index (χ4v) is 2.39. The van der Waals surface area contributed by atoms with Crippen molar-refractivity contribution in [3.05, 3.63) is 22.8 Å². The van der Waals surface area contributed by atoms with E-state index in [4.69, 9.17) is 56.3 Å². The van der Waals surface area contributed by atoms with Crippen LogP contribution in [0.4, 0.5) is 0 Å². The first-order valence-electron chi connectivity index (χ1n) is 9.71. The molecule has 6 unspecified atom stereocenters. The Morgan fingerprint density at radius 1 is 0.742 bits per heavy atom. The van der Waals surface area contributed by atoms with Crippen LogP contribution in [0.25, 0.3) is 9.69 Å². The van der Waals surface area contributed by atoms with Gasteiger partial charge in [0.1, 0.15) is 12.2 Å². The van der Waals surface area contributed by atoms with Crippen molar-refractivity contribution in [3.63, 3.8) is 0 Å². The van der Waals surface area contributed by atoms with Gasteiger partial charge in [0, 0.05) is 28.4 Å². The lowest BCUT2D eigenvalue weighted by atomic mass is 10.2. The molecule has 0 saturated carbocycles. The summed E-state index contributed by atoms with van der Waals surface area (Å²) in [6.07, 6.45) is -3.90. The van der Waals surface area contributed by atoms with Crippen molar-refractivity contribution >= 4 is 0 Å². The molecule has 0 aliphatic carbocycles. The van der Waals surface area contributed by atoms with Gasteiger partial charge in [-0.3, -0.25) is 0 Å². The lowest BCUT2D eigenvalue weighted by Gasteiger charge is -2.32. The summed E-state index contributed by atoms with van der Waals surface area (Å²) in [6.45, 7) is 15.9. The second kappa shape index (κ2) is 18.9. The molecule has 0 heterocycles. The highest BCUT2D eigenvalue weighted by Crippen LogP contribution is 2.16. The van der Waals surface area contributed by atoms with Gasteiger partial charge in [0.2, 0.25) is 12.6 Å². The Balaban J connectivity index is 5.62. The van der Waals surface area contributed by atoms with Gasteiger partial charge in [0.15, 0.2) is 12.6 Å². The van der Waals surface area contributed by atoms with E-state index in [1.807, 2.05) is 13.0 Å². The summed E-state index contributed by atoms with van der Waals surface area (Å²) in [6, 6.07) is 1.99. The highest BCUT2D eigenvalue weighted by molar-refractivity contribution is 4.78. The molecule has 11 heteroatoms. The smallest absolute Gasteiger partial charge is 0.264 e. The molecule has 0 amide bonds. The Morgan fingerprint density at radius 3 is 1.61 bits per heavy atom. The molecule has 0 aromatic rings. The van der Waals surface area contributed by atoms with E-state index < -0.39 is 37.4 Å². The van der Waals surface area contributed by atoms with Crippen molar-refractivity contribution < 1.29 is 37.9 Å². The van der Waals surface area contributed by atoms with E-state index in [-0.39, 0.29) is 32.7 Å². The summed E-state index contributed by atoms with van der Waals surface area (Å²) in [5, 5.41) is 9.02. The fourth-order valence-electron chi connectivity index (χ4n) is 2.39. The van der Waals surface area contributed by atoms with E-state index in [2.05, 4.69) is 9.69 Å². The molecule has 176 valence electrons. The molecular formula is C20H33N3O8. The number of nitriles is 1. The average Bonchev–Trinajstić information content (AvgIpc) is 2.79. The van der Waals surface area contributed by atoms with Crippen LogP contribution in [-0.4, -0.2) is 92.1 Å². The third-order valence-corrected chi connectivity index (χ3v) is 4.08. The van der Waals surface area contributed by atoms with E-state index in [1.165, 1.54) is 28.4 Å². The first kappa shape index (κ1) is 29.1. The van der Waals surface area contributed by atoms with Crippen LogP contribution >= 0.6 is 0 Å². The van der Waals surface area contributed by atoms with Crippen LogP contribution in [0.15, 0.2) is 0 Å². The minimum atomic E-state index is -0.847. The Hall–Kier alpha value is -1.85. The van der Waals surface area contributed by atoms with Crippen molar-refractivity contribution in [1.29, 1.82) is 5.26 Å². The topological polar surface area (TPSA) is 106 Å². The zero-order valence-electron chi connectivity index (χ0n) is 18.8. The summed E-state index contributed by atoms with van der Waals surface area (Å²) in [4.78, 5) is 6.57. The zero-order chi connectivity index (χ0) is 23.5. The van der Waals surface area contributed by atoms with Crippen LogP contribution in [0.3, 0.4) is 0 Å². The molecule has 31 heavy (non-hydrogen) atoms. The molecule has 0 radical (unpaired) electrons. The fraction of sp³-hybridized carbons (Fsp3) is 0.850. The Morgan fingerprint density at radius 2 is 1.19 bits per heavy atom. The molecule has 0 fully saturated rings. The van der Waals surface area contributed by atoms with Crippen LogP contribution in [0.5, 0.6) is 0 Å². The quantitative estimate of drug-likeness (QED) is 0.218. The van der Waals surface area contributed by atoms with Gasteiger partial charge in [0.05, 0.1) is 25.7 Å². The van der Waals surface area contributed by atoms with Crippen LogP contribution in [0, 0.1) is 24.5 Å². The van der Waals surface area contributed by atoms with E-state index in [0.717, 1.165) is 0 Å². The molecule has 0 rings (SSSR count). The first-order valence-corrected chi connectivity index (χ1v) is 9.71. The van der Waals surface area contributed by atoms with Gasteiger partial charge >= 0.3 is 0 Å². The number of hydrogen-bond acceptors (Lipinski definition) is 9. The van der Waals surface area contributed by atoms with Crippen LogP contribution < -0.4 is 0 Å². The van der Waals surface area contributed by atoms with E-state index in [1.54, 1.807) is 0 Å². The van der Waals surface area contributed by atoms with Crippen molar-refractivity contribution in [2.45, 2.75) is 57.1 Å². The first-order chi connectivity index (χ1) is 15.0. The maximum Gasteiger partial charge on any atom is 0.264 e. The largest absolute Gasteiger partial charge is 0.356 e. The predicted molar refractivity (Wildman–Crippen MR) is 108 cm³/mol. The van der Waals surface area contributed by atoms with Crippen molar-refractivity contribution in [2.24, 2.45) is 0 Å². The van der Waals surface area contributed by atoms with Gasteiger partial charge < -0.3 is 47.6 Å². The highest BCUT2D eigenvalue weighted by Gasteiger charge is 2.32. The van der Waals surface area contributed by atoms with Crippen LogP contribution in [0.1, 0.15) is 19.8 Å². The van der Waals surface area contributed by atoms with Crippen LogP contribution in [-0.2, 0) is 37.9 Å². The van der Waals surface area contributed by atoms with Gasteiger partial charge in [-0.2, -0.15) is 5.26 Å². The molecule has 0 spiro atoms. The minimum absolute atomic E-state index is 0.00227. The number of hydrogen-bond donors (Lipinski definition) is 0. The molecule has 6 atom stereocenters. The molecule has 0 N–H and O–H groups in total. The third kappa shape index (κ3) is 12.6. The van der Waals surface area contributed by atoms with Gasteiger partial charge in [-0.15, -0.1) is 0 Å². The molecule has 0 saturated heterocycles. The Kier molecular flexibility index (Phi) is 17.8. The van der Waals surface area contributed by atoms with Gasteiger partial charge in [-0.25, -0.2) is 13.1 Å². The van der Waals surface area contributed by atoms with Gasteiger partial charge in [-0.05, 0) is 6.42 Å². The maximum atomic E-state index is 9.02.